The summed E-state index contributed by atoms with van der Waals surface area (Å²) in [6.45, 7) is 0. The highest BCUT2D eigenvalue weighted by Gasteiger charge is 2.37. The fraction of sp³-hybridized carbons (Fsp3) is 0.381. The second-order valence-corrected chi connectivity index (χ2v) is 6.84. The number of hydrogen-bond donors (Lipinski definition) is 1. The zero-order chi connectivity index (χ0) is 16.9. The van der Waals surface area contributed by atoms with Crippen molar-refractivity contribution in [2.45, 2.75) is 37.3 Å². The minimum atomic E-state index is -0.356. The largest absolute Gasteiger partial charge is 0.455 e. The summed E-state index contributed by atoms with van der Waals surface area (Å²) < 4.78 is 6.00. The predicted octanol–water partition coefficient (Wildman–Crippen LogP) is 2.43. The van der Waals surface area contributed by atoms with Crippen molar-refractivity contribution < 1.29 is 14.4 Å². The Hall–Kier alpha value is -2.13. The molecule has 2 aromatic rings. The smallest absolute Gasteiger partial charge is 0.318 e. The number of likely N-dealkylation sites (N-methyl/N-ethyl adjacent to an activating group) is 1. The Balaban J connectivity index is 1.85. The summed E-state index contributed by atoms with van der Waals surface area (Å²) in [7, 11) is 4.28. The van der Waals surface area contributed by atoms with Gasteiger partial charge < -0.3 is 9.64 Å². The molecule has 1 aliphatic carbocycles. The Kier molecular flexibility index (Phi) is 5.31. The van der Waals surface area contributed by atoms with E-state index in [1.54, 1.807) is 0 Å². The van der Waals surface area contributed by atoms with Crippen molar-refractivity contribution in [2.24, 2.45) is 0 Å². The number of hydrogen-bond acceptors (Lipinski definition) is 2. The highest BCUT2D eigenvalue weighted by molar-refractivity contribution is 5.82. The normalized spacial score (nSPS) is 20.5. The number of carbonyl (C=O) groups excluding carboxylic acids is 1. The number of carbonyl (C=O) groups is 1. The van der Waals surface area contributed by atoms with Gasteiger partial charge in [-0.1, -0.05) is 60.7 Å². The summed E-state index contributed by atoms with van der Waals surface area (Å²) in [5.41, 5.74) is 1.97. The molecule has 2 aromatic carbocycles. The van der Waals surface area contributed by atoms with E-state index in [4.69, 9.17) is 4.74 Å². The predicted molar refractivity (Wildman–Crippen MR) is 95.1 cm³/mol. The number of rotatable bonds is 5. The van der Waals surface area contributed by atoms with Crippen LogP contribution in [0.1, 0.15) is 36.3 Å². The zero-order valence-corrected chi connectivity index (χ0v) is 14.4. The third-order valence-electron chi connectivity index (χ3n) is 4.96. The van der Waals surface area contributed by atoms with Crippen LogP contribution in [0.4, 0.5) is 0 Å². The average molecular weight is 324 g/mol. The van der Waals surface area contributed by atoms with Crippen LogP contribution in [0, 0.1) is 0 Å². The topological polar surface area (TPSA) is 30.7 Å². The monoisotopic (exact) mass is 324 g/mol. The standard InChI is InChI=1S/C21H25NO2/c1-22(2)18-14-9-15-19(18)24-21(23)20(16-10-5-3-6-11-16)17-12-7-4-8-13-17/h3-8,10-13,18-20H,9,14-15H2,1-2H3/p+1/t18-,19-/m0/s1. The molecule has 0 aromatic heterocycles. The van der Waals surface area contributed by atoms with E-state index in [1.165, 1.54) is 4.90 Å². The van der Waals surface area contributed by atoms with E-state index in [-0.39, 0.29) is 18.0 Å². The molecular weight excluding hydrogens is 298 g/mol. The quantitative estimate of drug-likeness (QED) is 0.857. The van der Waals surface area contributed by atoms with Gasteiger partial charge in [0, 0.05) is 6.42 Å². The van der Waals surface area contributed by atoms with Crippen LogP contribution in [0.25, 0.3) is 0 Å². The maximum atomic E-state index is 13.0. The first-order valence-corrected chi connectivity index (χ1v) is 8.77. The summed E-state index contributed by atoms with van der Waals surface area (Å²) >= 11 is 0. The first kappa shape index (κ1) is 16.7. The minimum Gasteiger partial charge on any atom is -0.455 e. The minimum absolute atomic E-state index is 0.0254. The highest BCUT2D eigenvalue weighted by Crippen LogP contribution is 2.29. The molecule has 0 amide bonds. The lowest BCUT2D eigenvalue weighted by molar-refractivity contribution is -0.888. The van der Waals surface area contributed by atoms with E-state index in [0.29, 0.717) is 6.04 Å². The second kappa shape index (κ2) is 7.63. The Morgan fingerprint density at radius 1 is 0.958 bits per heavy atom. The summed E-state index contributed by atoms with van der Waals surface area (Å²) in [6.07, 6.45) is 3.26. The molecule has 0 heterocycles. The van der Waals surface area contributed by atoms with Gasteiger partial charge >= 0.3 is 5.97 Å². The van der Waals surface area contributed by atoms with Crippen LogP contribution < -0.4 is 4.90 Å². The molecule has 0 unspecified atom stereocenters. The van der Waals surface area contributed by atoms with E-state index in [2.05, 4.69) is 14.1 Å². The zero-order valence-electron chi connectivity index (χ0n) is 14.4. The van der Waals surface area contributed by atoms with Gasteiger partial charge in [0.25, 0.3) is 0 Å². The molecule has 1 aliphatic rings. The number of esters is 1. The van der Waals surface area contributed by atoms with Crippen LogP contribution in [-0.4, -0.2) is 32.2 Å². The number of benzene rings is 2. The van der Waals surface area contributed by atoms with Gasteiger partial charge in [-0.05, 0) is 24.0 Å². The van der Waals surface area contributed by atoms with Crippen molar-refractivity contribution in [3.8, 4) is 0 Å². The van der Waals surface area contributed by atoms with Gasteiger partial charge in [0.05, 0.1) is 14.1 Å². The molecule has 1 saturated carbocycles. The fourth-order valence-corrected chi connectivity index (χ4v) is 3.70. The lowest BCUT2D eigenvalue weighted by atomic mass is 9.91. The van der Waals surface area contributed by atoms with E-state index < -0.39 is 0 Å². The summed E-state index contributed by atoms with van der Waals surface area (Å²) in [5, 5.41) is 0. The summed E-state index contributed by atoms with van der Waals surface area (Å²) in [5.74, 6) is -0.489. The average Bonchev–Trinajstić information content (AvgIpc) is 3.05. The van der Waals surface area contributed by atoms with Crippen molar-refractivity contribution in [3.05, 3.63) is 71.8 Å². The molecule has 3 rings (SSSR count). The van der Waals surface area contributed by atoms with Gasteiger partial charge in [-0.15, -0.1) is 0 Å². The van der Waals surface area contributed by atoms with Crippen molar-refractivity contribution in [1.29, 1.82) is 0 Å². The SMILES string of the molecule is C[NH+](C)[C@H]1CCC[C@@H]1OC(=O)C(c1ccccc1)c1ccccc1. The van der Waals surface area contributed by atoms with Crippen molar-refractivity contribution in [1.82, 2.24) is 0 Å². The van der Waals surface area contributed by atoms with Crippen LogP contribution >= 0.6 is 0 Å². The van der Waals surface area contributed by atoms with Gasteiger partial charge in [0.2, 0.25) is 0 Å². The van der Waals surface area contributed by atoms with Gasteiger partial charge in [-0.2, -0.15) is 0 Å². The van der Waals surface area contributed by atoms with Crippen molar-refractivity contribution >= 4 is 5.97 Å². The highest BCUT2D eigenvalue weighted by atomic mass is 16.5. The molecule has 0 spiro atoms. The Morgan fingerprint density at radius 2 is 1.50 bits per heavy atom. The van der Waals surface area contributed by atoms with Gasteiger partial charge in [-0.3, -0.25) is 4.79 Å². The first-order chi connectivity index (χ1) is 11.7. The van der Waals surface area contributed by atoms with E-state index in [1.807, 2.05) is 60.7 Å². The Bertz CT molecular complexity index is 615. The van der Waals surface area contributed by atoms with E-state index in [0.717, 1.165) is 30.4 Å². The molecule has 3 nitrogen and oxygen atoms in total. The van der Waals surface area contributed by atoms with Crippen LogP contribution in [-0.2, 0) is 9.53 Å². The summed E-state index contributed by atoms with van der Waals surface area (Å²) in [6, 6.07) is 20.2. The van der Waals surface area contributed by atoms with Gasteiger partial charge in [-0.25, -0.2) is 0 Å². The molecule has 2 atom stereocenters. The second-order valence-electron chi connectivity index (χ2n) is 6.84. The van der Waals surface area contributed by atoms with Crippen molar-refractivity contribution in [3.63, 3.8) is 0 Å². The van der Waals surface area contributed by atoms with Gasteiger partial charge in [0.1, 0.15) is 12.0 Å². The molecule has 0 radical (unpaired) electrons. The molecule has 0 saturated heterocycles. The lowest BCUT2D eigenvalue weighted by Crippen LogP contribution is -3.11. The van der Waals surface area contributed by atoms with E-state index in [9.17, 15) is 4.79 Å². The van der Waals surface area contributed by atoms with E-state index >= 15 is 0 Å². The van der Waals surface area contributed by atoms with Crippen LogP contribution in [0.5, 0.6) is 0 Å². The Morgan fingerprint density at radius 3 is 2.00 bits per heavy atom. The fourth-order valence-electron chi connectivity index (χ4n) is 3.70. The molecule has 24 heavy (non-hydrogen) atoms. The number of nitrogens with one attached hydrogen (secondary N) is 1. The lowest BCUT2D eigenvalue weighted by Gasteiger charge is -2.25. The van der Waals surface area contributed by atoms with Crippen LogP contribution in [0.15, 0.2) is 60.7 Å². The maximum absolute atomic E-state index is 13.0. The molecule has 3 heteroatoms. The third-order valence-corrected chi connectivity index (χ3v) is 4.96. The first-order valence-electron chi connectivity index (χ1n) is 8.77. The van der Waals surface area contributed by atoms with Gasteiger partial charge in [0.15, 0.2) is 6.10 Å². The van der Waals surface area contributed by atoms with Crippen LogP contribution in [0.2, 0.25) is 0 Å². The molecule has 0 bridgehead atoms. The number of quaternary nitrogens is 1. The molecule has 1 fully saturated rings. The molecular formula is C21H26NO2+. The van der Waals surface area contributed by atoms with Crippen LogP contribution in [0.3, 0.4) is 0 Å². The third kappa shape index (κ3) is 3.68. The Labute approximate surface area is 144 Å². The molecule has 1 N–H and O–H groups in total. The molecule has 126 valence electrons. The molecule has 0 aliphatic heterocycles. The maximum Gasteiger partial charge on any atom is 0.318 e. The summed E-state index contributed by atoms with van der Waals surface area (Å²) in [4.78, 5) is 14.4. The number of ether oxygens (including phenoxy) is 1. The van der Waals surface area contributed by atoms with Crippen molar-refractivity contribution in [2.75, 3.05) is 14.1 Å².